The van der Waals surface area contributed by atoms with Gasteiger partial charge >= 0.3 is 5.97 Å². The molecule has 2 rings (SSSR count). The smallest absolute Gasteiger partial charge is 0.343 e. The van der Waals surface area contributed by atoms with Crippen LogP contribution in [0.3, 0.4) is 0 Å². The lowest BCUT2D eigenvalue weighted by Crippen LogP contribution is -2.21. The number of rotatable bonds is 8. The van der Waals surface area contributed by atoms with Gasteiger partial charge in [-0.25, -0.2) is 4.79 Å². The highest BCUT2D eigenvalue weighted by molar-refractivity contribution is 5.91. The molecule has 0 saturated carbocycles. The molecule has 2 aromatic rings. The highest BCUT2D eigenvalue weighted by Gasteiger charge is 2.10. The predicted molar refractivity (Wildman–Crippen MR) is 102 cm³/mol. The van der Waals surface area contributed by atoms with Gasteiger partial charge in [0.25, 0.3) is 0 Å². The Hall–Kier alpha value is -2.17. The summed E-state index contributed by atoms with van der Waals surface area (Å²) in [5.74, 6) is 0.181. The van der Waals surface area contributed by atoms with Crippen LogP contribution in [0.2, 0.25) is 0 Å². The Morgan fingerprint density at radius 3 is 1.72 bits per heavy atom. The first-order chi connectivity index (χ1) is 12.0. The molecule has 2 atom stereocenters. The second-order valence-electron chi connectivity index (χ2n) is 6.48. The molecule has 0 aliphatic heterocycles. The number of hydrogen-bond donors (Lipinski definition) is 2. The van der Waals surface area contributed by atoms with Crippen molar-refractivity contribution in [2.45, 2.75) is 51.6 Å². The second-order valence-corrected chi connectivity index (χ2v) is 6.48. The normalized spacial score (nSPS) is 13.3. The molecular formula is C21H28N2O2. The quantitative estimate of drug-likeness (QED) is 0.570. The molecule has 0 aromatic heterocycles. The van der Waals surface area contributed by atoms with E-state index < -0.39 is 0 Å². The third kappa shape index (κ3) is 6.00. The number of carbonyl (C=O) groups excluding carboxylic acids is 1. The summed E-state index contributed by atoms with van der Waals surface area (Å²) in [6.45, 7) is 4.14. The van der Waals surface area contributed by atoms with Crippen LogP contribution in [0.15, 0.2) is 48.5 Å². The van der Waals surface area contributed by atoms with Crippen LogP contribution >= 0.6 is 0 Å². The van der Waals surface area contributed by atoms with Crippen molar-refractivity contribution in [1.29, 1.82) is 0 Å². The number of nitrogens with two attached hydrogens (primary N) is 2. The summed E-state index contributed by atoms with van der Waals surface area (Å²) in [4.78, 5) is 12.2. The van der Waals surface area contributed by atoms with Gasteiger partial charge in [-0.3, -0.25) is 0 Å². The number of benzene rings is 2. The van der Waals surface area contributed by atoms with Crippen LogP contribution in [0.1, 0.15) is 48.2 Å². The van der Waals surface area contributed by atoms with Crippen molar-refractivity contribution in [3.8, 4) is 5.75 Å². The van der Waals surface area contributed by atoms with E-state index in [4.69, 9.17) is 16.2 Å². The Morgan fingerprint density at radius 2 is 1.28 bits per heavy atom. The maximum atomic E-state index is 12.2. The van der Waals surface area contributed by atoms with Gasteiger partial charge in [-0.1, -0.05) is 38.1 Å². The van der Waals surface area contributed by atoms with Crippen LogP contribution in [0.4, 0.5) is 0 Å². The van der Waals surface area contributed by atoms with E-state index in [0.29, 0.717) is 11.3 Å². The maximum Gasteiger partial charge on any atom is 0.343 e. The first-order valence-corrected chi connectivity index (χ1v) is 8.93. The molecule has 4 heteroatoms. The second kappa shape index (κ2) is 9.35. The molecule has 0 saturated heterocycles. The fourth-order valence-electron chi connectivity index (χ4n) is 2.53. The molecule has 0 radical (unpaired) electrons. The zero-order valence-corrected chi connectivity index (χ0v) is 15.1. The van der Waals surface area contributed by atoms with Crippen LogP contribution in [0, 0.1) is 0 Å². The predicted octanol–water partition coefficient (Wildman–Crippen LogP) is 3.47. The van der Waals surface area contributed by atoms with Crippen LogP contribution in [-0.4, -0.2) is 18.1 Å². The molecule has 0 amide bonds. The molecule has 0 aliphatic carbocycles. The third-order valence-electron chi connectivity index (χ3n) is 4.37. The molecular weight excluding hydrogens is 312 g/mol. The molecule has 4 N–H and O–H groups in total. The van der Waals surface area contributed by atoms with Crippen molar-refractivity contribution in [2.75, 3.05) is 0 Å². The summed E-state index contributed by atoms with van der Waals surface area (Å²) >= 11 is 0. The summed E-state index contributed by atoms with van der Waals surface area (Å²) < 4.78 is 5.43. The molecule has 0 fully saturated rings. The van der Waals surface area contributed by atoms with Gasteiger partial charge in [0.1, 0.15) is 5.75 Å². The molecule has 0 heterocycles. The minimum Gasteiger partial charge on any atom is -0.423 e. The highest BCUT2D eigenvalue weighted by Crippen LogP contribution is 2.16. The lowest BCUT2D eigenvalue weighted by Gasteiger charge is -2.10. The number of carbonyl (C=O) groups is 1. The van der Waals surface area contributed by atoms with Gasteiger partial charge < -0.3 is 16.2 Å². The summed E-state index contributed by atoms with van der Waals surface area (Å²) in [7, 11) is 0. The van der Waals surface area contributed by atoms with E-state index in [-0.39, 0.29) is 18.1 Å². The summed E-state index contributed by atoms with van der Waals surface area (Å²) in [6.07, 6.45) is 3.51. The topological polar surface area (TPSA) is 78.3 Å². The van der Waals surface area contributed by atoms with Crippen molar-refractivity contribution in [1.82, 2.24) is 0 Å². The van der Waals surface area contributed by atoms with Crippen LogP contribution < -0.4 is 16.2 Å². The van der Waals surface area contributed by atoms with Gasteiger partial charge in [0.2, 0.25) is 0 Å². The average Bonchev–Trinajstić information content (AvgIpc) is 2.63. The monoisotopic (exact) mass is 340 g/mol. The van der Waals surface area contributed by atoms with Crippen molar-refractivity contribution in [3.63, 3.8) is 0 Å². The summed E-state index contributed by atoms with van der Waals surface area (Å²) in [5.41, 5.74) is 14.7. The SMILES string of the molecule is CCC(N)Cc1ccc(OC(=O)c2ccc(CC(N)CC)cc2)cc1. The van der Waals surface area contributed by atoms with Crippen molar-refractivity contribution in [2.24, 2.45) is 11.5 Å². The molecule has 0 spiro atoms. The van der Waals surface area contributed by atoms with Gasteiger partial charge in [0.05, 0.1) is 5.56 Å². The van der Waals surface area contributed by atoms with E-state index in [2.05, 4.69) is 13.8 Å². The molecule has 2 aromatic carbocycles. The average molecular weight is 340 g/mol. The van der Waals surface area contributed by atoms with Crippen LogP contribution in [0.5, 0.6) is 5.75 Å². The molecule has 25 heavy (non-hydrogen) atoms. The van der Waals surface area contributed by atoms with E-state index in [0.717, 1.165) is 36.8 Å². The van der Waals surface area contributed by atoms with Crippen LogP contribution in [0.25, 0.3) is 0 Å². The number of ether oxygens (including phenoxy) is 1. The van der Waals surface area contributed by atoms with Gasteiger partial charge in [-0.05, 0) is 61.1 Å². The summed E-state index contributed by atoms with van der Waals surface area (Å²) in [6, 6.07) is 15.3. The third-order valence-corrected chi connectivity index (χ3v) is 4.37. The Kier molecular flexibility index (Phi) is 7.16. The molecule has 0 aliphatic rings. The molecule has 134 valence electrons. The van der Waals surface area contributed by atoms with E-state index in [9.17, 15) is 4.79 Å². The largest absolute Gasteiger partial charge is 0.423 e. The van der Waals surface area contributed by atoms with E-state index in [1.807, 2.05) is 36.4 Å². The van der Waals surface area contributed by atoms with Crippen molar-refractivity contribution >= 4 is 5.97 Å². The fourth-order valence-corrected chi connectivity index (χ4v) is 2.53. The first-order valence-electron chi connectivity index (χ1n) is 8.93. The van der Waals surface area contributed by atoms with Crippen molar-refractivity contribution in [3.05, 3.63) is 65.2 Å². The standard InChI is InChI=1S/C21H28N2O2/c1-3-18(22)13-15-5-9-17(10-6-15)21(24)25-20-11-7-16(8-12-20)14-19(23)4-2/h5-12,18-19H,3-4,13-14,22-23H2,1-2H3. The zero-order valence-electron chi connectivity index (χ0n) is 15.1. The minimum atomic E-state index is -0.357. The molecule has 4 nitrogen and oxygen atoms in total. The Bertz CT molecular complexity index is 665. The maximum absolute atomic E-state index is 12.2. The zero-order chi connectivity index (χ0) is 18.2. The highest BCUT2D eigenvalue weighted by atomic mass is 16.5. The minimum absolute atomic E-state index is 0.150. The van der Waals surface area contributed by atoms with Gasteiger partial charge in [-0.15, -0.1) is 0 Å². The van der Waals surface area contributed by atoms with Gasteiger partial charge in [0.15, 0.2) is 0 Å². The van der Waals surface area contributed by atoms with Crippen LogP contribution in [-0.2, 0) is 12.8 Å². The Morgan fingerprint density at radius 1 is 0.840 bits per heavy atom. The first kappa shape index (κ1) is 19.2. The Labute approximate surface area is 150 Å². The van der Waals surface area contributed by atoms with E-state index in [1.54, 1.807) is 12.1 Å². The van der Waals surface area contributed by atoms with Crippen molar-refractivity contribution < 1.29 is 9.53 Å². The van der Waals surface area contributed by atoms with E-state index >= 15 is 0 Å². The van der Waals surface area contributed by atoms with Gasteiger partial charge in [-0.2, -0.15) is 0 Å². The lowest BCUT2D eigenvalue weighted by molar-refractivity contribution is 0.0734. The summed E-state index contributed by atoms with van der Waals surface area (Å²) in [5, 5.41) is 0. The number of esters is 1. The molecule has 2 unspecified atom stereocenters. The van der Waals surface area contributed by atoms with E-state index in [1.165, 1.54) is 0 Å². The molecule has 0 bridgehead atoms. The number of hydrogen-bond acceptors (Lipinski definition) is 4. The lowest BCUT2D eigenvalue weighted by atomic mass is 10.0. The Balaban J connectivity index is 1.95. The van der Waals surface area contributed by atoms with Gasteiger partial charge in [0, 0.05) is 12.1 Å². The fraction of sp³-hybridized carbons (Fsp3) is 0.381.